The molecule has 0 spiro atoms. The van der Waals surface area contributed by atoms with E-state index in [1.807, 2.05) is 26.0 Å². The molecule has 1 N–H and O–H groups in total. The molecular weight excluding hydrogens is 314 g/mol. The van der Waals surface area contributed by atoms with Crippen molar-refractivity contribution in [1.29, 1.82) is 0 Å². The number of anilines is 2. The minimum atomic E-state index is -0.274. The number of aromatic nitrogens is 1. The van der Waals surface area contributed by atoms with E-state index >= 15 is 0 Å². The zero-order valence-electron chi connectivity index (χ0n) is 13.0. The van der Waals surface area contributed by atoms with Crippen molar-refractivity contribution < 1.29 is 14.3 Å². The summed E-state index contributed by atoms with van der Waals surface area (Å²) >= 11 is 1.42. The summed E-state index contributed by atoms with van der Waals surface area (Å²) < 4.78 is 5.56. The van der Waals surface area contributed by atoms with Gasteiger partial charge in [-0.05, 0) is 26.0 Å². The standard InChI is InChI=1S/C16H17N3O3S/c1-10-11(2)23-16(17-10)18-14(20)9-19-12-5-3-4-6-13(12)22-8-7-15(19)21/h3-6H,7-9H2,1-2H3,(H,17,18,20). The highest BCUT2D eigenvalue weighted by Gasteiger charge is 2.25. The zero-order chi connectivity index (χ0) is 16.4. The van der Waals surface area contributed by atoms with Crippen molar-refractivity contribution in [2.75, 3.05) is 23.4 Å². The third-order valence-corrected chi connectivity index (χ3v) is 4.60. The molecule has 1 aliphatic heterocycles. The van der Waals surface area contributed by atoms with Gasteiger partial charge in [0.15, 0.2) is 5.13 Å². The molecule has 0 saturated carbocycles. The Bertz CT molecular complexity index is 737. The number of rotatable bonds is 3. The fourth-order valence-corrected chi connectivity index (χ4v) is 3.15. The monoisotopic (exact) mass is 331 g/mol. The van der Waals surface area contributed by atoms with Gasteiger partial charge >= 0.3 is 0 Å². The predicted octanol–water partition coefficient (Wildman–Crippen LogP) is 2.51. The molecule has 120 valence electrons. The Labute approximate surface area is 138 Å². The van der Waals surface area contributed by atoms with Crippen molar-refractivity contribution in [3.63, 3.8) is 0 Å². The first-order valence-electron chi connectivity index (χ1n) is 7.30. The number of nitrogens with zero attached hydrogens (tertiary/aromatic N) is 2. The molecule has 2 heterocycles. The van der Waals surface area contributed by atoms with Gasteiger partial charge in [-0.25, -0.2) is 4.98 Å². The molecule has 0 fully saturated rings. The Hall–Kier alpha value is -2.41. The summed E-state index contributed by atoms with van der Waals surface area (Å²) in [4.78, 5) is 31.4. The van der Waals surface area contributed by atoms with Crippen LogP contribution in [0.3, 0.4) is 0 Å². The van der Waals surface area contributed by atoms with Gasteiger partial charge in [-0.2, -0.15) is 0 Å². The second-order valence-electron chi connectivity index (χ2n) is 5.25. The van der Waals surface area contributed by atoms with E-state index in [1.54, 1.807) is 12.1 Å². The summed E-state index contributed by atoms with van der Waals surface area (Å²) in [7, 11) is 0. The Morgan fingerprint density at radius 1 is 1.39 bits per heavy atom. The molecule has 0 aliphatic carbocycles. The number of para-hydroxylation sites is 2. The summed E-state index contributed by atoms with van der Waals surface area (Å²) in [6, 6.07) is 7.24. The summed E-state index contributed by atoms with van der Waals surface area (Å²) in [5, 5.41) is 3.31. The van der Waals surface area contributed by atoms with Gasteiger partial charge in [-0.1, -0.05) is 12.1 Å². The van der Waals surface area contributed by atoms with Gasteiger partial charge in [0.2, 0.25) is 11.8 Å². The molecular formula is C16H17N3O3S. The highest BCUT2D eigenvalue weighted by atomic mass is 32.1. The first-order valence-corrected chi connectivity index (χ1v) is 8.12. The fourth-order valence-electron chi connectivity index (χ4n) is 2.32. The molecule has 0 saturated heterocycles. The van der Waals surface area contributed by atoms with E-state index in [1.165, 1.54) is 16.2 Å². The van der Waals surface area contributed by atoms with Crippen LogP contribution >= 0.6 is 11.3 Å². The number of nitrogens with one attached hydrogen (secondary N) is 1. The van der Waals surface area contributed by atoms with Crippen LogP contribution in [0.2, 0.25) is 0 Å². The van der Waals surface area contributed by atoms with Crippen LogP contribution in [0.4, 0.5) is 10.8 Å². The first kappa shape index (κ1) is 15.5. The lowest BCUT2D eigenvalue weighted by Gasteiger charge is -2.20. The maximum absolute atomic E-state index is 12.3. The number of aryl methyl sites for hydroxylation is 2. The number of amides is 2. The second kappa shape index (κ2) is 6.37. The molecule has 3 rings (SSSR count). The van der Waals surface area contributed by atoms with Crippen LogP contribution in [0.25, 0.3) is 0 Å². The van der Waals surface area contributed by atoms with Crippen molar-refractivity contribution in [1.82, 2.24) is 4.98 Å². The number of fused-ring (bicyclic) bond motifs is 1. The molecule has 0 unspecified atom stereocenters. The van der Waals surface area contributed by atoms with E-state index in [2.05, 4.69) is 10.3 Å². The average molecular weight is 331 g/mol. The third-order valence-electron chi connectivity index (χ3n) is 3.61. The van der Waals surface area contributed by atoms with Crippen LogP contribution in [0.1, 0.15) is 17.0 Å². The topological polar surface area (TPSA) is 71.5 Å². The minimum Gasteiger partial charge on any atom is -0.491 e. The third kappa shape index (κ3) is 3.34. The normalized spacial score (nSPS) is 14.0. The molecule has 6 nitrogen and oxygen atoms in total. The molecule has 7 heteroatoms. The van der Waals surface area contributed by atoms with Gasteiger partial charge in [-0.3, -0.25) is 14.5 Å². The number of carbonyl (C=O) groups is 2. The molecule has 2 amide bonds. The molecule has 1 aliphatic rings. The Morgan fingerprint density at radius 2 is 2.17 bits per heavy atom. The first-order chi connectivity index (χ1) is 11.0. The molecule has 0 radical (unpaired) electrons. The molecule has 0 bridgehead atoms. The molecule has 23 heavy (non-hydrogen) atoms. The second-order valence-corrected chi connectivity index (χ2v) is 6.46. The highest BCUT2D eigenvalue weighted by molar-refractivity contribution is 7.15. The smallest absolute Gasteiger partial charge is 0.246 e. The zero-order valence-corrected chi connectivity index (χ0v) is 13.8. The maximum atomic E-state index is 12.3. The van der Waals surface area contributed by atoms with Crippen molar-refractivity contribution >= 4 is 34.0 Å². The number of hydrogen-bond acceptors (Lipinski definition) is 5. The lowest BCUT2D eigenvalue weighted by atomic mass is 10.2. The molecule has 0 atom stereocenters. The largest absolute Gasteiger partial charge is 0.491 e. The van der Waals surface area contributed by atoms with Crippen LogP contribution in [0.15, 0.2) is 24.3 Å². The molecule has 2 aromatic rings. The van der Waals surface area contributed by atoms with E-state index in [9.17, 15) is 9.59 Å². The Balaban J connectivity index is 1.77. The number of thiazole rings is 1. The summed E-state index contributed by atoms with van der Waals surface area (Å²) in [5.74, 6) is 0.215. The van der Waals surface area contributed by atoms with Gasteiger partial charge in [0.1, 0.15) is 12.3 Å². The summed E-state index contributed by atoms with van der Waals surface area (Å²) in [6.07, 6.45) is 0.247. The average Bonchev–Trinajstić information content (AvgIpc) is 2.74. The van der Waals surface area contributed by atoms with E-state index in [0.717, 1.165) is 10.6 Å². The van der Waals surface area contributed by atoms with Gasteiger partial charge in [-0.15, -0.1) is 11.3 Å². The van der Waals surface area contributed by atoms with Crippen molar-refractivity contribution in [2.45, 2.75) is 20.3 Å². The Morgan fingerprint density at radius 3 is 2.91 bits per heavy atom. The van der Waals surface area contributed by atoms with Crippen LogP contribution in [-0.4, -0.2) is 29.9 Å². The van der Waals surface area contributed by atoms with E-state index in [-0.39, 0.29) is 24.8 Å². The van der Waals surface area contributed by atoms with Crippen LogP contribution in [0, 0.1) is 13.8 Å². The lowest BCUT2D eigenvalue weighted by molar-refractivity contribution is -0.121. The number of benzene rings is 1. The summed E-state index contributed by atoms with van der Waals surface area (Å²) in [5.41, 5.74) is 1.52. The van der Waals surface area contributed by atoms with Crippen molar-refractivity contribution in [3.8, 4) is 5.75 Å². The van der Waals surface area contributed by atoms with E-state index < -0.39 is 0 Å². The fraction of sp³-hybridized carbons (Fsp3) is 0.312. The number of hydrogen-bond donors (Lipinski definition) is 1. The molecule has 1 aromatic heterocycles. The number of carbonyl (C=O) groups excluding carboxylic acids is 2. The van der Waals surface area contributed by atoms with Crippen LogP contribution in [-0.2, 0) is 9.59 Å². The molecule has 1 aromatic carbocycles. The van der Waals surface area contributed by atoms with Gasteiger partial charge < -0.3 is 10.1 Å². The number of ether oxygens (including phenoxy) is 1. The Kier molecular flexibility index (Phi) is 4.29. The quantitative estimate of drug-likeness (QED) is 0.938. The lowest BCUT2D eigenvalue weighted by Crippen LogP contribution is -2.37. The van der Waals surface area contributed by atoms with Crippen LogP contribution in [0.5, 0.6) is 5.75 Å². The van der Waals surface area contributed by atoms with Gasteiger partial charge in [0.05, 0.1) is 24.4 Å². The van der Waals surface area contributed by atoms with E-state index in [0.29, 0.717) is 23.2 Å². The summed E-state index contributed by atoms with van der Waals surface area (Å²) in [6.45, 7) is 4.11. The highest BCUT2D eigenvalue weighted by Crippen LogP contribution is 2.31. The van der Waals surface area contributed by atoms with Crippen LogP contribution < -0.4 is 15.0 Å². The van der Waals surface area contributed by atoms with Gasteiger partial charge in [0.25, 0.3) is 0 Å². The van der Waals surface area contributed by atoms with Crippen molar-refractivity contribution in [3.05, 3.63) is 34.8 Å². The minimum absolute atomic E-state index is 0.0586. The van der Waals surface area contributed by atoms with Crippen molar-refractivity contribution in [2.24, 2.45) is 0 Å². The SMILES string of the molecule is Cc1nc(NC(=O)CN2C(=O)CCOc3ccccc32)sc1C. The predicted molar refractivity (Wildman–Crippen MR) is 89.1 cm³/mol. The van der Waals surface area contributed by atoms with E-state index in [4.69, 9.17) is 4.74 Å². The van der Waals surface area contributed by atoms with Gasteiger partial charge in [0, 0.05) is 4.88 Å². The maximum Gasteiger partial charge on any atom is 0.246 e.